The van der Waals surface area contributed by atoms with Crippen LogP contribution in [0.25, 0.3) is 22.6 Å². The molecule has 0 saturated heterocycles. The molecule has 1 heterocycles. The van der Waals surface area contributed by atoms with Crippen molar-refractivity contribution in [1.82, 2.24) is 15.3 Å². The van der Waals surface area contributed by atoms with Gasteiger partial charge >= 0.3 is 0 Å². The van der Waals surface area contributed by atoms with Crippen LogP contribution in [0.15, 0.2) is 66.9 Å². The van der Waals surface area contributed by atoms with Gasteiger partial charge in [0.25, 0.3) is 5.91 Å². The molecule has 8 heteroatoms. The molecular formula is C25H21Cl2N3O3. The number of aromatic amines is 1. The van der Waals surface area contributed by atoms with Crippen molar-refractivity contribution >= 4 is 29.1 Å². The van der Waals surface area contributed by atoms with Gasteiger partial charge in [0.15, 0.2) is 0 Å². The lowest BCUT2D eigenvalue weighted by atomic mass is 10.1. The minimum Gasteiger partial charge on any atom is -0.497 e. The van der Waals surface area contributed by atoms with Crippen molar-refractivity contribution in [2.75, 3.05) is 14.2 Å². The van der Waals surface area contributed by atoms with Gasteiger partial charge < -0.3 is 19.8 Å². The number of carbonyl (C=O) groups is 1. The number of methoxy groups -OCH3 is 2. The maximum atomic E-state index is 12.4. The number of halogens is 2. The van der Waals surface area contributed by atoms with Crippen molar-refractivity contribution in [2.45, 2.75) is 6.54 Å². The van der Waals surface area contributed by atoms with Gasteiger partial charge in [-0.25, -0.2) is 4.98 Å². The van der Waals surface area contributed by atoms with Gasteiger partial charge in [-0.2, -0.15) is 0 Å². The molecule has 0 bridgehead atoms. The molecular weight excluding hydrogens is 461 g/mol. The topological polar surface area (TPSA) is 76.2 Å². The van der Waals surface area contributed by atoms with Crippen LogP contribution in [0.1, 0.15) is 15.9 Å². The zero-order chi connectivity index (χ0) is 23.4. The van der Waals surface area contributed by atoms with Gasteiger partial charge in [0, 0.05) is 33.3 Å². The van der Waals surface area contributed by atoms with E-state index in [2.05, 4.69) is 15.3 Å². The Balaban J connectivity index is 1.46. The zero-order valence-corrected chi connectivity index (χ0v) is 19.5. The first kappa shape index (κ1) is 22.7. The van der Waals surface area contributed by atoms with Gasteiger partial charge in [-0.1, -0.05) is 47.5 Å². The number of nitrogens with zero attached hydrogens (tertiary/aromatic N) is 1. The Bertz CT molecular complexity index is 1270. The van der Waals surface area contributed by atoms with Crippen molar-refractivity contribution in [3.05, 3.63) is 88.0 Å². The second-order valence-corrected chi connectivity index (χ2v) is 8.12. The number of ether oxygens (including phenoxy) is 2. The normalized spacial score (nSPS) is 10.7. The largest absolute Gasteiger partial charge is 0.497 e. The average molecular weight is 482 g/mol. The maximum Gasteiger partial charge on any atom is 0.251 e. The molecule has 1 aromatic heterocycles. The molecule has 33 heavy (non-hydrogen) atoms. The molecule has 0 atom stereocenters. The summed E-state index contributed by atoms with van der Waals surface area (Å²) in [5.41, 5.74) is 3.95. The molecule has 3 aromatic carbocycles. The molecule has 0 radical (unpaired) electrons. The van der Waals surface area contributed by atoms with Crippen LogP contribution in [0.2, 0.25) is 10.0 Å². The van der Waals surface area contributed by atoms with E-state index in [4.69, 9.17) is 32.7 Å². The molecule has 6 nitrogen and oxygen atoms in total. The lowest BCUT2D eigenvalue weighted by Gasteiger charge is -2.09. The highest BCUT2D eigenvalue weighted by molar-refractivity contribution is 6.35. The van der Waals surface area contributed by atoms with Crippen molar-refractivity contribution in [1.29, 1.82) is 0 Å². The fraction of sp³-hybridized carbons (Fsp3) is 0.120. The Kier molecular flexibility index (Phi) is 6.87. The van der Waals surface area contributed by atoms with E-state index in [1.165, 1.54) is 0 Å². The van der Waals surface area contributed by atoms with E-state index in [1.54, 1.807) is 38.6 Å². The van der Waals surface area contributed by atoms with Gasteiger partial charge in [-0.3, -0.25) is 4.79 Å². The molecule has 168 valence electrons. The number of rotatable bonds is 7. The Morgan fingerprint density at radius 3 is 2.36 bits per heavy atom. The summed E-state index contributed by atoms with van der Waals surface area (Å²) in [7, 11) is 3.25. The highest BCUT2D eigenvalue weighted by Crippen LogP contribution is 2.33. The van der Waals surface area contributed by atoms with Crippen molar-refractivity contribution in [3.8, 4) is 34.1 Å². The van der Waals surface area contributed by atoms with Crippen LogP contribution in [0.3, 0.4) is 0 Å². The van der Waals surface area contributed by atoms with Gasteiger partial charge in [0.1, 0.15) is 17.3 Å². The smallest absolute Gasteiger partial charge is 0.251 e. The van der Waals surface area contributed by atoms with Crippen LogP contribution in [0.4, 0.5) is 0 Å². The van der Waals surface area contributed by atoms with Crippen LogP contribution < -0.4 is 14.8 Å². The number of amides is 1. The second kappa shape index (κ2) is 9.98. The molecule has 2 N–H and O–H groups in total. The van der Waals surface area contributed by atoms with Gasteiger partial charge in [0.05, 0.1) is 26.1 Å². The number of benzene rings is 3. The van der Waals surface area contributed by atoms with Crippen LogP contribution >= 0.6 is 23.2 Å². The number of imidazole rings is 1. The molecule has 4 aromatic rings. The van der Waals surface area contributed by atoms with E-state index in [-0.39, 0.29) is 5.91 Å². The number of hydrogen-bond donors (Lipinski definition) is 2. The molecule has 0 unspecified atom stereocenters. The van der Waals surface area contributed by atoms with E-state index in [9.17, 15) is 4.79 Å². The third-order valence-electron chi connectivity index (χ3n) is 5.08. The maximum absolute atomic E-state index is 12.4. The van der Waals surface area contributed by atoms with Gasteiger partial charge in [0.2, 0.25) is 0 Å². The van der Waals surface area contributed by atoms with Crippen LogP contribution in [0, 0.1) is 0 Å². The number of aromatic nitrogens is 2. The zero-order valence-electron chi connectivity index (χ0n) is 18.0. The van der Waals surface area contributed by atoms with E-state index in [0.717, 1.165) is 39.7 Å². The predicted molar refractivity (Wildman–Crippen MR) is 130 cm³/mol. The van der Waals surface area contributed by atoms with Crippen molar-refractivity contribution in [3.63, 3.8) is 0 Å². The first-order chi connectivity index (χ1) is 16.0. The standard InChI is InChI=1S/C25H21Cl2N3O3/c1-32-20-7-8-23(33-2)21(12-20)22-14-28-24(30-22)16-5-3-15(4-6-16)13-29-25(31)17-9-18(26)11-19(27)10-17/h3-12,14H,13H2,1-2H3,(H,28,30)(H,29,31). The summed E-state index contributed by atoms with van der Waals surface area (Å²) in [4.78, 5) is 20.2. The predicted octanol–water partition coefficient (Wildman–Crippen LogP) is 6.00. The summed E-state index contributed by atoms with van der Waals surface area (Å²) in [6.45, 7) is 0.369. The number of H-pyrrole nitrogens is 1. The fourth-order valence-electron chi connectivity index (χ4n) is 3.38. The molecule has 0 aliphatic rings. The lowest BCUT2D eigenvalue weighted by molar-refractivity contribution is 0.0951. The average Bonchev–Trinajstić information content (AvgIpc) is 3.32. The molecule has 0 saturated carbocycles. The SMILES string of the molecule is COc1ccc(OC)c(-c2cnc(-c3ccc(CNC(=O)c4cc(Cl)cc(Cl)c4)cc3)[nH]2)c1. The summed E-state index contributed by atoms with van der Waals surface area (Å²) in [5.74, 6) is 1.93. The van der Waals surface area contributed by atoms with Crippen molar-refractivity contribution in [2.24, 2.45) is 0 Å². The molecule has 1 amide bonds. The molecule has 4 rings (SSSR count). The minimum absolute atomic E-state index is 0.244. The first-order valence-corrected chi connectivity index (χ1v) is 10.8. The molecule has 0 aliphatic carbocycles. The third-order valence-corrected chi connectivity index (χ3v) is 5.51. The highest BCUT2D eigenvalue weighted by Gasteiger charge is 2.12. The Morgan fingerprint density at radius 2 is 1.70 bits per heavy atom. The second-order valence-electron chi connectivity index (χ2n) is 7.25. The summed E-state index contributed by atoms with van der Waals surface area (Å²) >= 11 is 11.9. The number of nitrogens with one attached hydrogen (secondary N) is 2. The van der Waals surface area contributed by atoms with E-state index >= 15 is 0 Å². The number of carbonyl (C=O) groups excluding carboxylic acids is 1. The molecule has 0 aliphatic heterocycles. The van der Waals surface area contributed by atoms with E-state index in [1.807, 2.05) is 42.5 Å². The monoisotopic (exact) mass is 481 g/mol. The highest BCUT2D eigenvalue weighted by atomic mass is 35.5. The van der Waals surface area contributed by atoms with Crippen LogP contribution in [-0.2, 0) is 6.54 Å². The van der Waals surface area contributed by atoms with Crippen LogP contribution in [0.5, 0.6) is 11.5 Å². The molecule has 0 fully saturated rings. The molecule has 0 spiro atoms. The van der Waals surface area contributed by atoms with Gasteiger partial charge in [-0.05, 0) is 42.0 Å². The summed E-state index contributed by atoms with van der Waals surface area (Å²) in [5, 5.41) is 3.71. The van der Waals surface area contributed by atoms with E-state index < -0.39 is 0 Å². The van der Waals surface area contributed by atoms with Crippen molar-refractivity contribution < 1.29 is 14.3 Å². The van der Waals surface area contributed by atoms with Gasteiger partial charge in [-0.15, -0.1) is 0 Å². The first-order valence-electron chi connectivity index (χ1n) is 10.1. The minimum atomic E-state index is -0.244. The summed E-state index contributed by atoms with van der Waals surface area (Å²) < 4.78 is 10.8. The Hall–Kier alpha value is -3.48. The lowest BCUT2D eigenvalue weighted by Crippen LogP contribution is -2.22. The quantitative estimate of drug-likeness (QED) is 0.339. The fourth-order valence-corrected chi connectivity index (χ4v) is 3.91. The third kappa shape index (κ3) is 5.30. The Morgan fingerprint density at radius 1 is 0.970 bits per heavy atom. The summed E-state index contributed by atoms with van der Waals surface area (Å²) in [6.07, 6.45) is 1.76. The van der Waals surface area contributed by atoms with E-state index in [0.29, 0.717) is 22.2 Å². The van der Waals surface area contributed by atoms with Crippen LogP contribution in [-0.4, -0.2) is 30.1 Å². The Labute approximate surface area is 201 Å². The summed E-state index contributed by atoms with van der Waals surface area (Å²) in [6, 6.07) is 18.1. The number of hydrogen-bond acceptors (Lipinski definition) is 4.